The van der Waals surface area contributed by atoms with Crippen molar-refractivity contribution < 1.29 is 31.1 Å². The molecule has 2 saturated heterocycles. The number of nitrogens with zero attached hydrogens (tertiary/aromatic N) is 3. The Kier molecular flexibility index (Phi) is 9.92. The van der Waals surface area contributed by atoms with Crippen LogP contribution in [0.25, 0.3) is 0 Å². The van der Waals surface area contributed by atoms with E-state index in [9.17, 15) is 26.4 Å². The lowest BCUT2D eigenvalue weighted by atomic mass is 9.97. The van der Waals surface area contributed by atoms with Gasteiger partial charge in [-0.3, -0.25) is 9.79 Å². The van der Waals surface area contributed by atoms with Crippen molar-refractivity contribution in [3.63, 3.8) is 0 Å². The Bertz CT molecular complexity index is 674. The summed E-state index contributed by atoms with van der Waals surface area (Å²) in [6, 6.07) is 0. The van der Waals surface area contributed by atoms with Crippen molar-refractivity contribution in [2.24, 2.45) is 16.8 Å². The molecular weight excluding hydrogens is 528 g/mol. The fourth-order valence-corrected chi connectivity index (χ4v) is 4.55. The summed E-state index contributed by atoms with van der Waals surface area (Å²) < 4.78 is 66.1. The Hall–Kier alpha value is -0.830. The first-order chi connectivity index (χ1) is 13.1. The monoisotopic (exact) mass is 556 g/mol. The van der Waals surface area contributed by atoms with Crippen LogP contribution in [0.15, 0.2) is 4.99 Å². The zero-order chi connectivity index (χ0) is 20.9. The quantitative estimate of drug-likeness (QED) is 0.245. The number of sulfonamides is 1. The van der Waals surface area contributed by atoms with Crippen molar-refractivity contribution in [3.05, 3.63) is 0 Å². The molecular formula is C16H28F3IN4O4S. The van der Waals surface area contributed by atoms with Crippen molar-refractivity contribution in [2.75, 3.05) is 46.9 Å². The van der Waals surface area contributed by atoms with Crippen molar-refractivity contribution in [2.45, 2.75) is 31.2 Å². The molecule has 0 amide bonds. The van der Waals surface area contributed by atoms with Crippen LogP contribution < -0.4 is 5.32 Å². The highest BCUT2D eigenvalue weighted by Gasteiger charge is 2.50. The van der Waals surface area contributed by atoms with Crippen LogP contribution in [0, 0.1) is 11.8 Å². The smallest absolute Gasteiger partial charge is 0.469 e. The molecule has 0 spiro atoms. The van der Waals surface area contributed by atoms with Crippen LogP contribution in [-0.4, -0.2) is 81.9 Å². The largest absolute Gasteiger partial charge is 0.511 e. The topological polar surface area (TPSA) is 91.3 Å². The zero-order valence-corrected chi connectivity index (χ0v) is 19.6. The Morgan fingerprint density at radius 2 is 1.69 bits per heavy atom. The third-order valence-corrected chi connectivity index (χ3v) is 6.93. The number of nitrogens with one attached hydrogen (secondary N) is 1. The molecule has 2 aliphatic rings. The first-order valence-electron chi connectivity index (χ1n) is 9.20. The first-order valence-corrected chi connectivity index (χ1v) is 10.6. The van der Waals surface area contributed by atoms with Crippen molar-refractivity contribution in [1.29, 1.82) is 0 Å². The van der Waals surface area contributed by atoms with Gasteiger partial charge in [0, 0.05) is 39.8 Å². The molecule has 0 aliphatic carbocycles. The summed E-state index contributed by atoms with van der Waals surface area (Å²) in [7, 11) is -2.23. The highest BCUT2D eigenvalue weighted by Crippen LogP contribution is 2.30. The summed E-state index contributed by atoms with van der Waals surface area (Å²) in [5, 5.41) is 3.22. The highest BCUT2D eigenvalue weighted by atomic mass is 127. The molecule has 0 saturated carbocycles. The summed E-state index contributed by atoms with van der Waals surface area (Å²) in [6.07, 6.45) is 2.04. The van der Waals surface area contributed by atoms with Gasteiger partial charge in [0.25, 0.3) is 0 Å². The fraction of sp³-hybridized carbons (Fsp3) is 0.875. The van der Waals surface area contributed by atoms with E-state index in [1.54, 1.807) is 7.05 Å². The lowest BCUT2D eigenvalue weighted by Gasteiger charge is -2.35. The summed E-state index contributed by atoms with van der Waals surface area (Å²) in [5.41, 5.74) is -5.25. The Morgan fingerprint density at radius 3 is 2.14 bits per heavy atom. The number of guanidine groups is 1. The molecule has 2 rings (SSSR count). The number of rotatable bonds is 4. The van der Waals surface area contributed by atoms with E-state index in [0.717, 1.165) is 0 Å². The Morgan fingerprint density at radius 1 is 1.14 bits per heavy atom. The normalized spacial score (nSPS) is 20.9. The number of piperidine rings is 2. The number of halogens is 4. The molecule has 170 valence electrons. The lowest BCUT2D eigenvalue weighted by molar-refractivity contribution is -0.146. The maximum Gasteiger partial charge on any atom is 0.511 e. The van der Waals surface area contributed by atoms with Crippen LogP contribution in [0.5, 0.6) is 0 Å². The first kappa shape index (κ1) is 26.2. The number of alkyl halides is 3. The molecule has 1 N–H and O–H groups in total. The molecule has 0 aromatic heterocycles. The minimum atomic E-state index is -5.25. The molecule has 0 unspecified atom stereocenters. The van der Waals surface area contributed by atoms with Crippen molar-refractivity contribution in [1.82, 2.24) is 14.5 Å². The van der Waals surface area contributed by atoms with E-state index in [0.29, 0.717) is 55.6 Å². The predicted molar refractivity (Wildman–Crippen MR) is 112 cm³/mol. The molecule has 2 aliphatic heterocycles. The molecule has 0 aromatic rings. The average Bonchev–Trinajstić information content (AvgIpc) is 2.68. The average molecular weight is 556 g/mol. The molecule has 0 bridgehead atoms. The minimum Gasteiger partial charge on any atom is -0.469 e. The van der Waals surface area contributed by atoms with Gasteiger partial charge in [-0.1, -0.05) is 0 Å². The molecule has 29 heavy (non-hydrogen) atoms. The number of methoxy groups -OCH3 is 1. The van der Waals surface area contributed by atoms with E-state index >= 15 is 0 Å². The summed E-state index contributed by atoms with van der Waals surface area (Å²) in [4.78, 5) is 17.9. The van der Waals surface area contributed by atoms with E-state index in [1.165, 1.54) is 7.11 Å². The van der Waals surface area contributed by atoms with Gasteiger partial charge in [-0.15, -0.1) is 24.0 Å². The third-order valence-electron chi connectivity index (χ3n) is 5.30. The van der Waals surface area contributed by atoms with Gasteiger partial charge in [0.05, 0.1) is 13.0 Å². The van der Waals surface area contributed by atoms with E-state index in [-0.39, 0.29) is 54.9 Å². The number of hydrogen-bond donors (Lipinski definition) is 1. The number of ether oxygens (including phenoxy) is 1. The van der Waals surface area contributed by atoms with Gasteiger partial charge in [0.15, 0.2) is 5.96 Å². The number of likely N-dealkylation sites (tertiary alicyclic amines) is 1. The Balaban J connectivity index is 0.00000420. The molecule has 2 fully saturated rings. The second kappa shape index (κ2) is 11.0. The van der Waals surface area contributed by atoms with Gasteiger partial charge in [0.1, 0.15) is 0 Å². The van der Waals surface area contributed by atoms with Gasteiger partial charge in [-0.2, -0.15) is 17.5 Å². The van der Waals surface area contributed by atoms with Crippen LogP contribution in [0.2, 0.25) is 0 Å². The predicted octanol–water partition coefficient (Wildman–Crippen LogP) is 1.63. The number of hydrogen-bond acceptors (Lipinski definition) is 5. The Labute approximate surface area is 186 Å². The van der Waals surface area contributed by atoms with E-state index < -0.39 is 15.5 Å². The molecule has 8 nitrogen and oxygen atoms in total. The molecule has 0 atom stereocenters. The summed E-state index contributed by atoms with van der Waals surface area (Å²) >= 11 is 0. The number of aliphatic imine (C=N–C) groups is 1. The lowest BCUT2D eigenvalue weighted by Crippen LogP contribution is -2.49. The van der Waals surface area contributed by atoms with E-state index in [1.807, 2.05) is 4.90 Å². The van der Waals surface area contributed by atoms with Crippen molar-refractivity contribution >= 4 is 45.9 Å². The van der Waals surface area contributed by atoms with E-state index in [4.69, 9.17) is 4.74 Å². The van der Waals surface area contributed by atoms with Gasteiger partial charge in [-0.05, 0) is 31.6 Å². The van der Waals surface area contributed by atoms with E-state index in [2.05, 4.69) is 10.3 Å². The fourth-order valence-electron chi connectivity index (χ4n) is 3.56. The standard InChI is InChI=1S/C16H27F3N4O4S.HI/c1-20-15(22-7-5-13(6-8-22)14(24)27-2)21-11-12-3-9-23(10-4-12)28(25,26)16(17,18)19;/h12-13H,3-11H2,1-2H3,(H,20,21);1H. The zero-order valence-electron chi connectivity index (χ0n) is 16.4. The maximum atomic E-state index is 12.6. The molecule has 0 radical (unpaired) electrons. The third kappa shape index (κ3) is 6.57. The second-order valence-electron chi connectivity index (χ2n) is 7.01. The van der Waals surface area contributed by atoms with Gasteiger partial charge in [0.2, 0.25) is 0 Å². The van der Waals surface area contributed by atoms with Gasteiger partial charge in [-0.25, -0.2) is 8.42 Å². The highest BCUT2D eigenvalue weighted by molar-refractivity contribution is 14.0. The van der Waals surface area contributed by atoms with Crippen LogP contribution in [0.4, 0.5) is 13.2 Å². The minimum absolute atomic E-state index is 0. The maximum absolute atomic E-state index is 12.6. The van der Waals surface area contributed by atoms with Gasteiger partial charge >= 0.3 is 21.5 Å². The molecule has 13 heteroatoms. The number of esters is 1. The van der Waals surface area contributed by atoms with Crippen molar-refractivity contribution in [3.8, 4) is 0 Å². The van der Waals surface area contributed by atoms with Crippen LogP contribution >= 0.6 is 24.0 Å². The molecule has 0 aromatic carbocycles. The second-order valence-corrected chi connectivity index (χ2v) is 8.94. The van der Waals surface area contributed by atoms with Crippen LogP contribution in [0.3, 0.4) is 0 Å². The SMILES string of the molecule is CN=C(NCC1CCN(S(=O)(=O)C(F)(F)F)CC1)N1CCC(C(=O)OC)CC1.I. The molecule has 2 heterocycles. The van der Waals surface area contributed by atoms with Crippen LogP contribution in [0.1, 0.15) is 25.7 Å². The summed E-state index contributed by atoms with van der Waals surface area (Å²) in [6.45, 7) is 1.53. The van der Waals surface area contributed by atoms with Gasteiger partial charge < -0.3 is 15.0 Å². The van der Waals surface area contributed by atoms with Crippen LogP contribution in [-0.2, 0) is 19.6 Å². The number of carbonyl (C=O) groups excluding carboxylic acids is 1. The summed E-state index contributed by atoms with van der Waals surface area (Å²) in [5.74, 6) is 0.417. The number of carbonyl (C=O) groups is 1.